The molecule has 96 valence electrons. The fourth-order valence-corrected chi connectivity index (χ4v) is 2.00. The van der Waals surface area contributed by atoms with E-state index in [2.05, 4.69) is 6.07 Å². The maximum atomic E-state index is 12.2. The first-order chi connectivity index (χ1) is 8.63. The molecule has 0 aliphatic rings. The van der Waals surface area contributed by atoms with Gasteiger partial charge >= 0.3 is 0 Å². The summed E-state index contributed by atoms with van der Waals surface area (Å²) in [5.41, 5.74) is 2.20. The van der Waals surface area contributed by atoms with E-state index >= 15 is 0 Å². The van der Waals surface area contributed by atoms with Crippen LogP contribution >= 0.6 is 0 Å². The second-order valence-electron chi connectivity index (χ2n) is 4.32. The normalized spacial score (nSPS) is 11.7. The first kappa shape index (κ1) is 14.2. The molecule has 1 atom stereocenters. The van der Waals surface area contributed by atoms with Crippen LogP contribution in [0.15, 0.2) is 24.3 Å². The highest BCUT2D eigenvalue weighted by Gasteiger charge is 2.22. The first-order valence-electron chi connectivity index (χ1n) is 6.36. The summed E-state index contributed by atoms with van der Waals surface area (Å²) in [5.74, 6) is -0.642. The molecule has 1 rings (SSSR count). The molecule has 0 spiro atoms. The van der Waals surface area contributed by atoms with E-state index in [0.717, 1.165) is 11.1 Å². The van der Waals surface area contributed by atoms with Gasteiger partial charge in [0.05, 0.1) is 6.07 Å². The summed E-state index contributed by atoms with van der Waals surface area (Å²) in [5, 5.41) is 9.19. The topological polar surface area (TPSA) is 44.1 Å². The van der Waals surface area contributed by atoms with Crippen molar-refractivity contribution in [2.24, 2.45) is 5.92 Å². The average molecular weight is 244 g/mol. The molecule has 0 heterocycles. The van der Waals surface area contributed by atoms with E-state index in [1.54, 1.807) is 4.90 Å². The second-order valence-corrected chi connectivity index (χ2v) is 4.32. The lowest BCUT2D eigenvalue weighted by molar-refractivity contribution is -0.133. The van der Waals surface area contributed by atoms with Crippen LogP contribution in [0.5, 0.6) is 0 Å². The van der Waals surface area contributed by atoms with Gasteiger partial charge in [-0.25, -0.2) is 0 Å². The molecule has 0 saturated carbocycles. The standard InChI is InChI=1S/C15H20N2O/c1-4-17(5-2)15(18)14(11-16)10-13-9-7-6-8-12(13)3/h6-9,14H,4-5,10H2,1-3H3. The minimum absolute atomic E-state index is 0.0641. The summed E-state index contributed by atoms with van der Waals surface area (Å²) in [7, 11) is 0. The Labute approximate surface area is 109 Å². The van der Waals surface area contributed by atoms with E-state index in [0.29, 0.717) is 19.5 Å². The molecule has 0 bridgehead atoms. The number of rotatable bonds is 5. The molecule has 0 radical (unpaired) electrons. The average Bonchev–Trinajstić information content (AvgIpc) is 2.39. The number of nitriles is 1. The van der Waals surface area contributed by atoms with E-state index < -0.39 is 5.92 Å². The zero-order valence-corrected chi connectivity index (χ0v) is 11.3. The molecule has 0 N–H and O–H groups in total. The Hall–Kier alpha value is -1.82. The molecule has 1 aromatic rings. The third-order valence-electron chi connectivity index (χ3n) is 3.21. The fourth-order valence-electron chi connectivity index (χ4n) is 2.00. The Morgan fingerprint density at radius 1 is 1.33 bits per heavy atom. The Kier molecular flexibility index (Phi) is 5.38. The minimum atomic E-state index is -0.578. The van der Waals surface area contributed by atoms with Crippen molar-refractivity contribution in [1.82, 2.24) is 4.90 Å². The largest absolute Gasteiger partial charge is 0.342 e. The Bertz CT molecular complexity index is 444. The summed E-state index contributed by atoms with van der Waals surface area (Å²) >= 11 is 0. The van der Waals surface area contributed by atoms with Gasteiger partial charge in [0, 0.05) is 13.1 Å². The Balaban J connectivity index is 2.83. The van der Waals surface area contributed by atoms with Gasteiger partial charge in [0.2, 0.25) is 5.91 Å². The van der Waals surface area contributed by atoms with Gasteiger partial charge in [0.15, 0.2) is 0 Å². The molecule has 3 heteroatoms. The van der Waals surface area contributed by atoms with Crippen molar-refractivity contribution >= 4 is 5.91 Å². The van der Waals surface area contributed by atoms with Crippen LogP contribution < -0.4 is 0 Å². The van der Waals surface area contributed by atoms with Crippen LogP contribution in [0.1, 0.15) is 25.0 Å². The molecular weight excluding hydrogens is 224 g/mol. The molecule has 3 nitrogen and oxygen atoms in total. The van der Waals surface area contributed by atoms with E-state index in [1.807, 2.05) is 45.0 Å². The van der Waals surface area contributed by atoms with Gasteiger partial charge in [0.25, 0.3) is 0 Å². The van der Waals surface area contributed by atoms with E-state index in [1.165, 1.54) is 0 Å². The van der Waals surface area contributed by atoms with Gasteiger partial charge in [-0.3, -0.25) is 4.79 Å². The molecule has 0 saturated heterocycles. The van der Waals surface area contributed by atoms with Gasteiger partial charge in [0.1, 0.15) is 5.92 Å². The van der Waals surface area contributed by atoms with Crippen molar-refractivity contribution in [2.45, 2.75) is 27.2 Å². The highest BCUT2D eigenvalue weighted by Crippen LogP contribution is 2.15. The zero-order chi connectivity index (χ0) is 13.5. The number of nitrogens with zero attached hydrogens (tertiary/aromatic N) is 2. The molecule has 1 unspecified atom stereocenters. The molecule has 0 aromatic heterocycles. The van der Waals surface area contributed by atoms with Crippen LogP contribution in [0.4, 0.5) is 0 Å². The molecular formula is C15H20N2O. The van der Waals surface area contributed by atoms with E-state index in [-0.39, 0.29) is 5.91 Å². The molecule has 18 heavy (non-hydrogen) atoms. The van der Waals surface area contributed by atoms with Crippen LogP contribution in [0, 0.1) is 24.2 Å². The highest BCUT2D eigenvalue weighted by atomic mass is 16.2. The lowest BCUT2D eigenvalue weighted by atomic mass is 9.96. The van der Waals surface area contributed by atoms with Gasteiger partial charge in [-0.15, -0.1) is 0 Å². The van der Waals surface area contributed by atoms with Crippen molar-refractivity contribution in [3.63, 3.8) is 0 Å². The van der Waals surface area contributed by atoms with Crippen LogP contribution in [-0.4, -0.2) is 23.9 Å². The van der Waals surface area contributed by atoms with Crippen LogP contribution in [-0.2, 0) is 11.2 Å². The monoisotopic (exact) mass is 244 g/mol. The number of carbonyl (C=O) groups is 1. The van der Waals surface area contributed by atoms with Gasteiger partial charge in [-0.05, 0) is 38.3 Å². The van der Waals surface area contributed by atoms with Crippen molar-refractivity contribution in [3.8, 4) is 6.07 Å². The smallest absolute Gasteiger partial charge is 0.240 e. The van der Waals surface area contributed by atoms with E-state index in [9.17, 15) is 10.1 Å². The number of amides is 1. The summed E-state index contributed by atoms with van der Waals surface area (Å²) in [4.78, 5) is 13.9. The SMILES string of the molecule is CCN(CC)C(=O)C(C#N)Cc1ccccc1C. The molecule has 0 aliphatic heterocycles. The van der Waals surface area contributed by atoms with Crippen LogP contribution in [0.2, 0.25) is 0 Å². The third kappa shape index (κ3) is 3.33. The Morgan fingerprint density at radius 3 is 2.44 bits per heavy atom. The maximum Gasteiger partial charge on any atom is 0.240 e. The summed E-state index contributed by atoms with van der Waals surface area (Å²) in [6, 6.07) is 10.0. The first-order valence-corrected chi connectivity index (χ1v) is 6.36. The summed E-state index contributed by atoms with van der Waals surface area (Å²) < 4.78 is 0. The van der Waals surface area contributed by atoms with Gasteiger partial charge < -0.3 is 4.90 Å². The molecule has 0 fully saturated rings. The zero-order valence-electron chi connectivity index (χ0n) is 11.3. The molecule has 1 amide bonds. The predicted molar refractivity (Wildman–Crippen MR) is 71.9 cm³/mol. The summed E-state index contributed by atoms with van der Waals surface area (Å²) in [6.45, 7) is 7.18. The van der Waals surface area contributed by atoms with Crippen molar-refractivity contribution < 1.29 is 4.79 Å². The molecule has 0 aliphatic carbocycles. The van der Waals surface area contributed by atoms with Crippen molar-refractivity contribution in [2.75, 3.05) is 13.1 Å². The number of hydrogen-bond acceptors (Lipinski definition) is 2. The third-order valence-corrected chi connectivity index (χ3v) is 3.21. The Morgan fingerprint density at radius 2 is 1.94 bits per heavy atom. The number of aryl methyl sites for hydroxylation is 1. The van der Waals surface area contributed by atoms with Gasteiger partial charge in [-0.1, -0.05) is 24.3 Å². The minimum Gasteiger partial charge on any atom is -0.342 e. The fraction of sp³-hybridized carbons (Fsp3) is 0.467. The van der Waals surface area contributed by atoms with Crippen LogP contribution in [0.25, 0.3) is 0 Å². The second kappa shape index (κ2) is 6.80. The molecule has 1 aromatic carbocycles. The van der Waals surface area contributed by atoms with Crippen molar-refractivity contribution in [1.29, 1.82) is 5.26 Å². The maximum absolute atomic E-state index is 12.2. The quantitative estimate of drug-likeness (QED) is 0.799. The lowest BCUT2D eigenvalue weighted by Crippen LogP contribution is -2.36. The van der Waals surface area contributed by atoms with Gasteiger partial charge in [-0.2, -0.15) is 5.26 Å². The number of benzene rings is 1. The highest BCUT2D eigenvalue weighted by molar-refractivity contribution is 5.81. The predicted octanol–water partition coefficient (Wildman–Crippen LogP) is 2.55. The van der Waals surface area contributed by atoms with Crippen LogP contribution in [0.3, 0.4) is 0 Å². The van der Waals surface area contributed by atoms with Crippen molar-refractivity contribution in [3.05, 3.63) is 35.4 Å². The number of hydrogen-bond donors (Lipinski definition) is 0. The van der Waals surface area contributed by atoms with E-state index in [4.69, 9.17) is 0 Å². The summed E-state index contributed by atoms with van der Waals surface area (Å²) in [6.07, 6.45) is 0.499. The lowest BCUT2D eigenvalue weighted by Gasteiger charge is -2.21. The number of carbonyl (C=O) groups excluding carboxylic acids is 1.